The lowest BCUT2D eigenvalue weighted by atomic mass is 10.3. The number of esters is 1. The third kappa shape index (κ3) is 6.62. The zero-order valence-corrected chi connectivity index (χ0v) is 13.9. The van der Waals surface area contributed by atoms with Crippen molar-refractivity contribution in [2.45, 2.75) is 19.8 Å². The van der Waals surface area contributed by atoms with Crippen LogP contribution in [0, 0.1) is 0 Å². The molecular weight excluding hydrogens is 338 g/mol. The molecule has 0 saturated heterocycles. The molecule has 1 rings (SSSR count). The summed E-state index contributed by atoms with van der Waals surface area (Å²) in [7, 11) is 1.31. The summed E-state index contributed by atoms with van der Waals surface area (Å²) in [6.45, 7) is 2.76. The molecule has 0 aliphatic rings. The van der Waals surface area contributed by atoms with Crippen molar-refractivity contribution >= 4 is 27.8 Å². The number of benzene rings is 1. The second-order valence-electron chi connectivity index (χ2n) is 4.44. The molecular formula is C15H20BrNO4. The summed E-state index contributed by atoms with van der Waals surface area (Å²) in [6, 6.07) is 7.40. The van der Waals surface area contributed by atoms with Crippen LogP contribution in [-0.2, 0) is 14.3 Å². The van der Waals surface area contributed by atoms with Gasteiger partial charge < -0.3 is 14.4 Å². The lowest BCUT2D eigenvalue weighted by molar-refractivity contribution is -0.147. The number of rotatable bonds is 8. The van der Waals surface area contributed by atoms with Gasteiger partial charge in [-0.15, -0.1) is 0 Å². The highest BCUT2D eigenvalue weighted by atomic mass is 79.9. The molecule has 1 aromatic rings. The maximum absolute atomic E-state index is 12.1. The lowest BCUT2D eigenvalue weighted by Gasteiger charge is -2.20. The summed E-state index contributed by atoms with van der Waals surface area (Å²) in [5.41, 5.74) is 0. The van der Waals surface area contributed by atoms with Gasteiger partial charge in [0.25, 0.3) is 0 Å². The van der Waals surface area contributed by atoms with Gasteiger partial charge in [0.15, 0.2) is 0 Å². The van der Waals surface area contributed by atoms with Crippen LogP contribution in [0.25, 0.3) is 0 Å². The Hall–Kier alpha value is -1.56. The van der Waals surface area contributed by atoms with E-state index in [1.165, 1.54) is 12.0 Å². The van der Waals surface area contributed by atoms with E-state index in [4.69, 9.17) is 4.74 Å². The van der Waals surface area contributed by atoms with Gasteiger partial charge >= 0.3 is 5.97 Å². The first-order valence-corrected chi connectivity index (χ1v) is 7.59. The van der Waals surface area contributed by atoms with Crippen LogP contribution in [0.3, 0.4) is 0 Å². The molecule has 0 bridgehead atoms. The van der Waals surface area contributed by atoms with Gasteiger partial charge in [-0.2, -0.15) is 0 Å². The van der Waals surface area contributed by atoms with Gasteiger partial charge in [0.1, 0.15) is 12.3 Å². The van der Waals surface area contributed by atoms with Crippen LogP contribution in [0.5, 0.6) is 5.75 Å². The van der Waals surface area contributed by atoms with E-state index < -0.39 is 5.97 Å². The van der Waals surface area contributed by atoms with Gasteiger partial charge in [0.2, 0.25) is 5.91 Å². The Labute approximate surface area is 133 Å². The van der Waals surface area contributed by atoms with Crippen molar-refractivity contribution in [1.29, 1.82) is 0 Å². The SMILES string of the molecule is CCCN(CC(=O)OC)C(=O)CCOc1ccc(Br)cc1. The average molecular weight is 358 g/mol. The Morgan fingerprint density at radius 3 is 2.48 bits per heavy atom. The predicted molar refractivity (Wildman–Crippen MR) is 83.1 cm³/mol. The van der Waals surface area contributed by atoms with E-state index in [2.05, 4.69) is 20.7 Å². The molecule has 0 fully saturated rings. The van der Waals surface area contributed by atoms with Gasteiger partial charge in [0, 0.05) is 11.0 Å². The summed E-state index contributed by atoms with van der Waals surface area (Å²) in [4.78, 5) is 24.8. The monoisotopic (exact) mass is 357 g/mol. The maximum atomic E-state index is 12.1. The molecule has 1 aromatic carbocycles. The van der Waals surface area contributed by atoms with Crippen molar-refractivity contribution in [2.75, 3.05) is 26.8 Å². The largest absolute Gasteiger partial charge is 0.493 e. The third-order valence-electron chi connectivity index (χ3n) is 2.79. The highest BCUT2D eigenvalue weighted by Gasteiger charge is 2.16. The van der Waals surface area contributed by atoms with Crippen LogP contribution >= 0.6 is 15.9 Å². The summed E-state index contributed by atoms with van der Waals surface area (Å²) < 4.78 is 11.1. The van der Waals surface area contributed by atoms with Gasteiger partial charge in [-0.1, -0.05) is 22.9 Å². The standard InChI is InChI=1S/C15H20BrNO4/c1-3-9-17(11-15(19)20-2)14(18)8-10-21-13-6-4-12(16)5-7-13/h4-7H,3,8-11H2,1-2H3. The summed E-state index contributed by atoms with van der Waals surface area (Å²) in [5, 5.41) is 0. The molecule has 6 heteroatoms. The topological polar surface area (TPSA) is 55.8 Å². The summed E-state index contributed by atoms with van der Waals surface area (Å²) in [5.74, 6) is 0.186. The van der Waals surface area contributed by atoms with Gasteiger partial charge in [-0.3, -0.25) is 9.59 Å². The Balaban J connectivity index is 2.42. The van der Waals surface area contributed by atoms with Crippen molar-refractivity contribution in [3.63, 3.8) is 0 Å². The first-order chi connectivity index (χ1) is 10.1. The molecule has 0 aliphatic heterocycles. The molecule has 0 radical (unpaired) electrons. The van der Waals surface area contributed by atoms with E-state index in [-0.39, 0.29) is 25.5 Å². The van der Waals surface area contributed by atoms with Crippen molar-refractivity contribution in [2.24, 2.45) is 0 Å². The van der Waals surface area contributed by atoms with E-state index in [9.17, 15) is 9.59 Å². The highest BCUT2D eigenvalue weighted by Crippen LogP contribution is 2.16. The minimum absolute atomic E-state index is 0.0124. The molecule has 0 atom stereocenters. The first kappa shape index (κ1) is 17.5. The summed E-state index contributed by atoms with van der Waals surface area (Å²) >= 11 is 3.34. The van der Waals surface area contributed by atoms with Crippen LogP contribution in [0.1, 0.15) is 19.8 Å². The van der Waals surface area contributed by atoms with Gasteiger partial charge in [-0.05, 0) is 30.7 Å². The quantitative estimate of drug-likeness (QED) is 0.671. The van der Waals surface area contributed by atoms with Crippen LogP contribution in [0.4, 0.5) is 0 Å². The average Bonchev–Trinajstić information content (AvgIpc) is 2.48. The molecule has 0 unspecified atom stereocenters. The number of carbonyl (C=O) groups is 2. The number of halogens is 1. The van der Waals surface area contributed by atoms with E-state index >= 15 is 0 Å². The number of ether oxygens (including phenoxy) is 2. The maximum Gasteiger partial charge on any atom is 0.325 e. The fourth-order valence-electron chi connectivity index (χ4n) is 1.73. The number of methoxy groups -OCH3 is 1. The molecule has 5 nitrogen and oxygen atoms in total. The summed E-state index contributed by atoms with van der Waals surface area (Å²) in [6.07, 6.45) is 1.02. The van der Waals surface area contributed by atoms with E-state index in [1.807, 2.05) is 31.2 Å². The molecule has 1 amide bonds. The molecule has 0 heterocycles. The van der Waals surface area contributed by atoms with Crippen LogP contribution in [-0.4, -0.2) is 43.6 Å². The van der Waals surface area contributed by atoms with E-state index in [0.29, 0.717) is 12.3 Å². The zero-order chi connectivity index (χ0) is 15.7. The smallest absolute Gasteiger partial charge is 0.325 e. The molecule has 116 valence electrons. The highest BCUT2D eigenvalue weighted by molar-refractivity contribution is 9.10. The molecule has 0 aliphatic carbocycles. The lowest BCUT2D eigenvalue weighted by Crippen LogP contribution is -2.37. The van der Waals surface area contributed by atoms with Crippen molar-refractivity contribution in [3.8, 4) is 5.75 Å². The van der Waals surface area contributed by atoms with E-state index in [1.54, 1.807) is 0 Å². The van der Waals surface area contributed by atoms with Crippen molar-refractivity contribution in [3.05, 3.63) is 28.7 Å². The number of carbonyl (C=O) groups excluding carboxylic acids is 2. The number of amides is 1. The Morgan fingerprint density at radius 2 is 1.90 bits per heavy atom. The van der Waals surface area contributed by atoms with Crippen LogP contribution in [0.2, 0.25) is 0 Å². The fraction of sp³-hybridized carbons (Fsp3) is 0.467. The van der Waals surface area contributed by atoms with Crippen LogP contribution in [0.15, 0.2) is 28.7 Å². The molecule has 0 saturated carbocycles. The first-order valence-electron chi connectivity index (χ1n) is 6.79. The minimum Gasteiger partial charge on any atom is -0.493 e. The zero-order valence-electron chi connectivity index (χ0n) is 12.3. The van der Waals surface area contributed by atoms with Gasteiger partial charge in [0.05, 0.1) is 20.1 Å². The second-order valence-corrected chi connectivity index (χ2v) is 5.36. The number of hydrogen-bond acceptors (Lipinski definition) is 4. The Kier molecular flexibility index (Phi) is 7.82. The Bertz CT molecular complexity index is 461. The number of hydrogen-bond donors (Lipinski definition) is 0. The van der Waals surface area contributed by atoms with Crippen molar-refractivity contribution in [1.82, 2.24) is 4.90 Å². The van der Waals surface area contributed by atoms with E-state index in [0.717, 1.165) is 10.9 Å². The normalized spacial score (nSPS) is 10.0. The number of nitrogens with zero attached hydrogens (tertiary/aromatic N) is 1. The Morgan fingerprint density at radius 1 is 1.24 bits per heavy atom. The fourth-order valence-corrected chi connectivity index (χ4v) is 1.99. The molecule has 0 spiro atoms. The van der Waals surface area contributed by atoms with Crippen molar-refractivity contribution < 1.29 is 19.1 Å². The second kappa shape index (κ2) is 9.39. The van der Waals surface area contributed by atoms with Crippen LogP contribution < -0.4 is 4.74 Å². The predicted octanol–water partition coefficient (Wildman–Crippen LogP) is 2.63. The van der Waals surface area contributed by atoms with Gasteiger partial charge in [-0.25, -0.2) is 0 Å². The third-order valence-corrected chi connectivity index (χ3v) is 3.32. The minimum atomic E-state index is -0.411. The molecule has 21 heavy (non-hydrogen) atoms. The molecule has 0 aromatic heterocycles. The molecule has 0 N–H and O–H groups in total.